The van der Waals surface area contributed by atoms with E-state index in [-0.39, 0.29) is 24.4 Å². The number of aromatic nitrogens is 2. The van der Waals surface area contributed by atoms with Crippen molar-refractivity contribution in [3.05, 3.63) is 33.1 Å². The number of carbonyl (C=O) groups is 1. The molecule has 3 aromatic rings. The number of nitrogens with one attached hydrogen (secondary N) is 1. The van der Waals surface area contributed by atoms with Crippen LogP contribution in [-0.2, 0) is 0 Å². The molecule has 5 heterocycles. The Morgan fingerprint density at radius 3 is 2.76 bits per heavy atom. The third-order valence-electron chi connectivity index (χ3n) is 6.05. The van der Waals surface area contributed by atoms with Crippen molar-refractivity contribution in [3.63, 3.8) is 0 Å². The lowest BCUT2D eigenvalue weighted by molar-refractivity contribution is 0.0682. The minimum Gasteiger partial charge on any atom is -0.335 e. The minimum atomic E-state index is 0. The highest BCUT2D eigenvalue weighted by Crippen LogP contribution is 2.35. The predicted octanol–water partition coefficient (Wildman–Crippen LogP) is 4.26. The second-order valence-corrected chi connectivity index (χ2v) is 9.38. The molecule has 0 radical (unpaired) electrons. The third-order valence-corrected chi connectivity index (χ3v) is 7.02. The molecule has 8 heteroatoms. The van der Waals surface area contributed by atoms with E-state index in [4.69, 9.17) is 9.51 Å². The van der Waals surface area contributed by atoms with Gasteiger partial charge in [-0.15, -0.1) is 23.7 Å². The van der Waals surface area contributed by atoms with Gasteiger partial charge < -0.3 is 14.7 Å². The molecule has 1 amide bonds. The number of aryl methyl sites for hydroxylation is 3. The monoisotopic (exact) mass is 432 g/mol. The van der Waals surface area contributed by atoms with Gasteiger partial charge in [0.2, 0.25) is 0 Å². The number of carbonyl (C=O) groups excluding carboxylic acids is 1. The number of fused-ring (bicyclic) bond motifs is 3. The molecular weight excluding hydrogens is 408 g/mol. The van der Waals surface area contributed by atoms with Crippen LogP contribution in [0.2, 0.25) is 0 Å². The van der Waals surface area contributed by atoms with Gasteiger partial charge in [0, 0.05) is 33.9 Å². The van der Waals surface area contributed by atoms with Crippen molar-refractivity contribution in [2.75, 3.05) is 13.1 Å². The van der Waals surface area contributed by atoms with Gasteiger partial charge in [-0.05, 0) is 58.7 Å². The molecule has 2 bridgehead atoms. The zero-order chi connectivity index (χ0) is 19.4. The van der Waals surface area contributed by atoms with E-state index in [9.17, 15) is 4.79 Å². The van der Waals surface area contributed by atoms with Crippen LogP contribution in [0.1, 0.15) is 45.1 Å². The summed E-state index contributed by atoms with van der Waals surface area (Å²) in [6.45, 7) is 7.90. The van der Waals surface area contributed by atoms with Crippen LogP contribution in [0.3, 0.4) is 0 Å². The van der Waals surface area contributed by atoms with Gasteiger partial charge in [-0.3, -0.25) is 4.79 Å². The van der Waals surface area contributed by atoms with Crippen molar-refractivity contribution in [3.8, 4) is 11.3 Å². The number of amides is 1. The maximum absolute atomic E-state index is 13.8. The van der Waals surface area contributed by atoms with Crippen molar-refractivity contribution in [1.82, 2.24) is 20.4 Å². The second kappa shape index (κ2) is 7.70. The average Bonchev–Trinajstić information content (AvgIpc) is 3.28. The molecule has 2 fully saturated rings. The number of nitrogens with zero attached hydrogens (tertiary/aromatic N) is 3. The van der Waals surface area contributed by atoms with E-state index in [1.54, 1.807) is 11.3 Å². The van der Waals surface area contributed by atoms with Crippen LogP contribution in [0.25, 0.3) is 22.4 Å². The second-order valence-electron chi connectivity index (χ2n) is 7.92. The van der Waals surface area contributed by atoms with Crippen molar-refractivity contribution in [1.29, 1.82) is 0 Å². The molecule has 0 spiro atoms. The quantitative estimate of drug-likeness (QED) is 0.654. The van der Waals surface area contributed by atoms with E-state index in [1.165, 1.54) is 9.75 Å². The molecule has 0 aliphatic carbocycles. The molecular formula is C21H25ClN4O2S. The molecule has 0 saturated carbocycles. The maximum Gasteiger partial charge on any atom is 0.259 e. The summed E-state index contributed by atoms with van der Waals surface area (Å²) in [6.07, 6.45) is 3.16. The number of thiophene rings is 1. The first-order valence-electron chi connectivity index (χ1n) is 9.90. The van der Waals surface area contributed by atoms with Gasteiger partial charge in [0.05, 0.1) is 22.3 Å². The third kappa shape index (κ3) is 3.35. The largest absolute Gasteiger partial charge is 0.335 e. The molecule has 2 aliphatic heterocycles. The van der Waals surface area contributed by atoms with Crippen molar-refractivity contribution < 1.29 is 9.32 Å². The van der Waals surface area contributed by atoms with Crippen LogP contribution in [0, 0.1) is 20.8 Å². The maximum atomic E-state index is 13.8. The summed E-state index contributed by atoms with van der Waals surface area (Å²) < 4.78 is 5.49. The lowest BCUT2D eigenvalue weighted by Gasteiger charge is -2.28. The van der Waals surface area contributed by atoms with Gasteiger partial charge in [-0.2, -0.15) is 0 Å². The number of hydrogen-bond donors (Lipinski definition) is 1. The molecule has 154 valence electrons. The van der Waals surface area contributed by atoms with E-state index in [1.807, 2.05) is 13.0 Å². The SMILES string of the molecule is Cc1cc(-c2cc(C(=O)N3C4CCNCC3CC4)c3c(C)noc3n2)c(C)s1.Cl. The highest BCUT2D eigenvalue weighted by Gasteiger charge is 2.39. The molecule has 1 N–H and O–H groups in total. The van der Waals surface area contributed by atoms with Gasteiger partial charge in [0.25, 0.3) is 11.6 Å². The first-order valence-corrected chi connectivity index (χ1v) is 10.7. The van der Waals surface area contributed by atoms with Crippen molar-refractivity contribution in [2.24, 2.45) is 0 Å². The van der Waals surface area contributed by atoms with E-state index in [0.717, 1.165) is 54.7 Å². The Kier molecular flexibility index (Phi) is 5.40. The predicted molar refractivity (Wildman–Crippen MR) is 117 cm³/mol. The van der Waals surface area contributed by atoms with Gasteiger partial charge in [0.1, 0.15) is 0 Å². The van der Waals surface area contributed by atoms with Crippen LogP contribution >= 0.6 is 23.7 Å². The van der Waals surface area contributed by atoms with E-state index < -0.39 is 0 Å². The molecule has 2 saturated heterocycles. The fraction of sp³-hybridized carbons (Fsp3) is 0.476. The molecule has 29 heavy (non-hydrogen) atoms. The number of rotatable bonds is 2. The average molecular weight is 433 g/mol. The van der Waals surface area contributed by atoms with Gasteiger partial charge >= 0.3 is 0 Å². The molecule has 6 nitrogen and oxygen atoms in total. The van der Waals surface area contributed by atoms with E-state index in [2.05, 4.69) is 35.3 Å². The standard InChI is InChI=1S/C21H24N4O2S.ClH/c1-11-8-16(13(3)28-11)18-9-17(19-12(2)24-27-20(19)23-18)21(26)25-14-4-5-15(25)10-22-7-6-14;/h8-9,14-15,22H,4-7,10H2,1-3H3;1H. The van der Waals surface area contributed by atoms with E-state index in [0.29, 0.717) is 17.3 Å². The van der Waals surface area contributed by atoms with Crippen LogP contribution in [-0.4, -0.2) is 46.1 Å². The molecule has 2 atom stereocenters. The Bertz CT molecular complexity index is 1060. The van der Waals surface area contributed by atoms with Gasteiger partial charge in [-0.1, -0.05) is 5.16 Å². The topological polar surface area (TPSA) is 71.3 Å². The summed E-state index contributed by atoms with van der Waals surface area (Å²) in [5.41, 5.74) is 3.68. The number of hydrogen-bond acceptors (Lipinski definition) is 6. The van der Waals surface area contributed by atoms with Crippen LogP contribution in [0.15, 0.2) is 16.7 Å². The van der Waals surface area contributed by atoms with Gasteiger partial charge in [0.15, 0.2) is 0 Å². The normalized spacial score (nSPS) is 21.3. The lowest BCUT2D eigenvalue weighted by atomic mass is 10.0. The van der Waals surface area contributed by atoms with Crippen LogP contribution in [0.5, 0.6) is 0 Å². The summed E-state index contributed by atoms with van der Waals surface area (Å²) in [6, 6.07) is 4.65. The zero-order valence-electron chi connectivity index (χ0n) is 16.8. The fourth-order valence-electron chi connectivity index (χ4n) is 4.74. The number of pyridine rings is 1. The molecule has 2 unspecified atom stereocenters. The Hall–Kier alpha value is -1.96. The Labute approximate surface area is 180 Å². The molecule has 5 rings (SSSR count). The van der Waals surface area contributed by atoms with Crippen molar-refractivity contribution >= 4 is 40.8 Å². The first kappa shape index (κ1) is 20.3. The molecule has 0 aromatic carbocycles. The fourth-order valence-corrected chi connectivity index (χ4v) is 5.67. The highest BCUT2D eigenvalue weighted by atomic mass is 35.5. The molecule has 3 aromatic heterocycles. The smallest absolute Gasteiger partial charge is 0.259 e. The van der Waals surface area contributed by atoms with Crippen molar-refractivity contribution in [2.45, 2.75) is 52.1 Å². The summed E-state index contributed by atoms with van der Waals surface area (Å²) in [5.74, 6) is 0.0840. The lowest BCUT2D eigenvalue weighted by Crippen LogP contribution is -2.42. The Balaban J connectivity index is 0.00000205. The zero-order valence-corrected chi connectivity index (χ0v) is 18.5. The Morgan fingerprint density at radius 1 is 1.21 bits per heavy atom. The summed E-state index contributed by atoms with van der Waals surface area (Å²) >= 11 is 1.74. The van der Waals surface area contributed by atoms with E-state index >= 15 is 0 Å². The number of halogens is 1. The Morgan fingerprint density at radius 2 is 2.00 bits per heavy atom. The summed E-state index contributed by atoms with van der Waals surface area (Å²) in [4.78, 5) is 23.0. The summed E-state index contributed by atoms with van der Waals surface area (Å²) in [5, 5.41) is 8.32. The van der Waals surface area contributed by atoms with Crippen LogP contribution in [0.4, 0.5) is 0 Å². The highest BCUT2D eigenvalue weighted by molar-refractivity contribution is 7.12. The van der Waals surface area contributed by atoms with Crippen LogP contribution < -0.4 is 5.32 Å². The summed E-state index contributed by atoms with van der Waals surface area (Å²) in [7, 11) is 0. The first-order chi connectivity index (χ1) is 13.5. The minimum absolute atomic E-state index is 0. The molecule has 2 aliphatic rings. The van der Waals surface area contributed by atoms with Gasteiger partial charge in [-0.25, -0.2) is 4.98 Å².